The normalized spacial score (nSPS) is 11.1. The van der Waals surface area contributed by atoms with Crippen LogP contribution >= 0.6 is 35.5 Å². The van der Waals surface area contributed by atoms with E-state index in [2.05, 4.69) is 43.3 Å². The summed E-state index contributed by atoms with van der Waals surface area (Å²) in [6.07, 6.45) is 4.39. The second-order valence-corrected chi connectivity index (χ2v) is 6.12. The maximum atomic E-state index is 5.46. The Balaban J connectivity index is 0.00000256. The summed E-state index contributed by atoms with van der Waals surface area (Å²) in [4.78, 5) is 4.93. The van der Waals surface area contributed by atoms with E-state index < -0.39 is 0 Å². The van der Waals surface area contributed by atoms with Crippen molar-refractivity contribution in [2.45, 2.75) is 5.75 Å². The van der Waals surface area contributed by atoms with Gasteiger partial charge in [-0.15, -0.1) is 23.7 Å². The molecule has 0 radical (unpaired) electrons. The van der Waals surface area contributed by atoms with Gasteiger partial charge in [-0.1, -0.05) is 6.08 Å². The van der Waals surface area contributed by atoms with E-state index in [1.165, 1.54) is 9.75 Å². The van der Waals surface area contributed by atoms with Gasteiger partial charge in [-0.25, -0.2) is 0 Å². The zero-order valence-electron chi connectivity index (χ0n) is 10.4. The van der Waals surface area contributed by atoms with Crippen molar-refractivity contribution in [3.8, 4) is 0 Å². The van der Waals surface area contributed by atoms with Crippen LogP contribution < -0.4 is 5.73 Å². The molecule has 0 aromatic carbocycles. The van der Waals surface area contributed by atoms with E-state index in [9.17, 15) is 0 Å². The van der Waals surface area contributed by atoms with Crippen LogP contribution in [0, 0.1) is 0 Å². The maximum absolute atomic E-state index is 5.46. The molecule has 2 N–H and O–H groups in total. The van der Waals surface area contributed by atoms with Crippen molar-refractivity contribution in [2.24, 2.45) is 5.73 Å². The molecule has 0 unspecified atom stereocenters. The summed E-state index contributed by atoms with van der Waals surface area (Å²) in [5.41, 5.74) is 5.46. The first-order valence-corrected chi connectivity index (χ1v) is 7.37. The lowest BCUT2D eigenvalue weighted by Gasteiger charge is -2.02. The highest BCUT2D eigenvalue weighted by Crippen LogP contribution is 2.22. The highest BCUT2D eigenvalue weighted by Gasteiger charge is 1.97. The standard InChI is InChI=1S/C12H20N2S2.ClH/c1-14(2)8-3-4-11-5-6-12(16-11)10-15-9-7-13;/h3-6H,7-10,13H2,1-2H3;1H/b4-3+;. The number of rotatable bonds is 7. The van der Waals surface area contributed by atoms with Gasteiger partial charge in [0.25, 0.3) is 0 Å². The monoisotopic (exact) mass is 292 g/mol. The molecular weight excluding hydrogens is 272 g/mol. The van der Waals surface area contributed by atoms with Gasteiger partial charge < -0.3 is 10.6 Å². The molecule has 1 aromatic heterocycles. The Hall–Kier alpha value is -0.000000000000000167. The number of nitrogens with two attached hydrogens (primary N) is 1. The van der Waals surface area contributed by atoms with Gasteiger partial charge in [-0.2, -0.15) is 11.8 Å². The highest BCUT2D eigenvalue weighted by molar-refractivity contribution is 7.98. The molecule has 0 amide bonds. The quantitative estimate of drug-likeness (QED) is 0.784. The van der Waals surface area contributed by atoms with Crippen molar-refractivity contribution in [3.05, 3.63) is 28.0 Å². The molecule has 0 fully saturated rings. The molecule has 17 heavy (non-hydrogen) atoms. The van der Waals surface area contributed by atoms with Crippen LogP contribution in [-0.2, 0) is 5.75 Å². The summed E-state index contributed by atoms with van der Waals surface area (Å²) in [5, 5.41) is 0. The van der Waals surface area contributed by atoms with E-state index in [0.717, 1.165) is 24.6 Å². The Morgan fingerprint density at radius 3 is 2.82 bits per heavy atom. The van der Waals surface area contributed by atoms with Crippen molar-refractivity contribution in [1.82, 2.24) is 4.90 Å². The van der Waals surface area contributed by atoms with Crippen LogP contribution in [0.5, 0.6) is 0 Å². The first-order valence-electron chi connectivity index (χ1n) is 5.40. The van der Waals surface area contributed by atoms with E-state index >= 15 is 0 Å². The van der Waals surface area contributed by atoms with Crippen molar-refractivity contribution < 1.29 is 0 Å². The zero-order valence-corrected chi connectivity index (χ0v) is 12.8. The summed E-state index contributed by atoms with van der Waals surface area (Å²) in [5.74, 6) is 2.13. The third-order valence-electron chi connectivity index (χ3n) is 1.94. The van der Waals surface area contributed by atoms with Crippen LogP contribution in [-0.4, -0.2) is 37.8 Å². The van der Waals surface area contributed by atoms with Crippen LogP contribution in [0.1, 0.15) is 9.75 Å². The molecule has 1 heterocycles. The van der Waals surface area contributed by atoms with Gasteiger partial charge in [0.2, 0.25) is 0 Å². The molecule has 0 aliphatic carbocycles. The van der Waals surface area contributed by atoms with E-state index in [0.29, 0.717) is 0 Å². The summed E-state index contributed by atoms with van der Waals surface area (Å²) in [6.45, 7) is 1.76. The Bertz CT molecular complexity index is 324. The molecule has 0 aliphatic rings. The van der Waals surface area contributed by atoms with Gasteiger partial charge in [0.15, 0.2) is 0 Å². The van der Waals surface area contributed by atoms with Crippen LogP contribution in [0.25, 0.3) is 6.08 Å². The van der Waals surface area contributed by atoms with Crippen molar-refractivity contribution >= 4 is 41.6 Å². The maximum Gasteiger partial charge on any atom is 0.0279 e. The molecule has 1 rings (SSSR count). The number of nitrogens with zero attached hydrogens (tertiary/aromatic N) is 1. The van der Waals surface area contributed by atoms with Crippen molar-refractivity contribution in [1.29, 1.82) is 0 Å². The number of halogens is 1. The first-order chi connectivity index (χ1) is 7.72. The third kappa shape index (κ3) is 7.84. The van der Waals surface area contributed by atoms with E-state index in [4.69, 9.17) is 5.73 Å². The van der Waals surface area contributed by atoms with Crippen molar-refractivity contribution in [2.75, 3.05) is 32.9 Å². The topological polar surface area (TPSA) is 29.3 Å². The van der Waals surface area contributed by atoms with Crippen LogP contribution in [0.2, 0.25) is 0 Å². The minimum Gasteiger partial charge on any atom is -0.330 e. The second kappa shape index (κ2) is 9.97. The molecule has 0 saturated heterocycles. The number of hydrogen-bond acceptors (Lipinski definition) is 4. The molecule has 0 aliphatic heterocycles. The summed E-state index contributed by atoms with van der Waals surface area (Å²) >= 11 is 3.77. The molecule has 0 bridgehead atoms. The van der Waals surface area contributed by atoms with E-state index in [-0.39, 0.29) is 12.4 Å². The molecule has 0 spiro atoms. The minimum atomic E-state index is 0. The molecule has 0 atom stereocenters. The van der Waals surface area contributed by atoms with Gasteiger partial charge in [0, 0.05) is 34.3 Å². The molecule has 0 saturated carbocycles. The molecule has 1 aromatic rings. The zero-order chi connectivity index (χ0) is 11.8. The van der Waals surface area contributed by atoms with E-state index in [1.54, 1.807) is 0 Å². The summed E-state index contributed by atoms with van der Waals surface area (Å²) < 4.78 is 0. The molecule has 98 valence electrons. The molecular formula is C12H21ClN2S2. The number of thioether (sulfide) groups is 1. The second-order valence-electron chi connectivity index (χ2n) is 3.81. The van der Waals surface area contributed by atoms with Crippen LogP contribution in [0.3, 0.4) is 0 Å². The average Bonchev–Trinajstić information content (AvgIpc) is 2.66. The first kappa shape index (κ1) is 17.0. The fourth-order valence-corrected chi connectivity index (χ4v) is 3.03. The third-order valence-corrected chi connectivity index (χ3v) is 4.21. The van der Waals surface area contributed by atoms with Gasteiger partial charge in [0.05, 0.1) is 0 Å². The Morgan fingerprint density at radius 2 is 2.18 bits per heavy atom. The van der Waals surface area contributed by atoms with Crippen LogP contribution in [0.4, 0.5) is 0 Å². The molecule has 5 heteroatoms. The van der Waals surface area contributed by atoms with Crippen LogP contribution in [0.15, 0.2) is 18.2 Å². The molecule has 2 nitrogen and oxygen atoms in total. The summed E-state index contributed by atoms with van der Waals surface area (Å²) in [6, 6.07) is 4.40. The average molecular weight is 293 g/mol. The fourth-order valence-electron chi connectivity index (χ4n) is 1.20. The Labute approximate surface area is 119 Å². The fraction of sp³-hybridized carbons (Fsp3) is 0.500. The summed E-state index contributed by atoms with van der Waals surface area (Å²) in [7, 11) is 4.15. The smallest absolute Gasteiger partial charge is 0.0279 e. The van der Waals surface area contributed by atoms with Gasteiger partial charge in [-0.3, -0.25) is 0 Å². The lowest BCUT2D eigenvalue weighted by molar-refractivity contribution is 0.457. The van der Waals surface area contributed by atoms with Gasteiger partial charge in [0.1, 0.15) is 0 Å². The minimum absolute atomic E-state index is 0. The van der Waals surface area contributed by atoms with Gasteiger partial charge in [-0.05, 0) is 32.3 Å². The highest BCUT2D eigenvalue weighted by atomic mass is 35.5. The number of likely N-dealkylation sites (N-methyl/N-ethyl adjacent to an activating group) is 1. The number of thiophene rings is 1. The Kier molecular flexibility index (Phi) is 9.97. The van der Waals surface area contributed by atoms with Crippen molar-refractivity contribution in [3.63, 3.8) is 0 Å². The SMILES string of the molecule is CN(C)C/C=C/c1ccc(CSCCN)s1.Cl. The Morgan fingerprint density at radius 1 is 1.41 bits per heavy atom. The number of hydrogen-bond donors (Lipinski definition) is 1. The predicted molar refractivity (Wildman–Crippen MR) is 84.4 cm³/mol. The predicted octanol–water partition coefficient (Wildman–Crippen LogP) is 2.94. The lowest BCUT2D eigenvalue weighted by atomic mass is 10.4. The van der Waals surface area contributed by atoms with E-state index in [1.807, 2.05) is 23.1 Å². The van der Waals surface area contributed by atoms with Gasteiger partial charge >= 0.3 is 0 Å². The lowest BCUT2D eigenvalue weighted by Crippen LogP contribution is -2.10. The largest absolute Gasteiger partial charge is 0.330 e.